The second-order valence-electron chi connectivity index (χ2n) is 9.59. The third-order valence-corrected chi connectivity index (χ3v) is 6.48. The number of nitrogens with zero attached hydrogens (tertiary/aromatic N) is 2. The van der Waals surface area contributed by atoms with Gasteiger partial charge in [0.2, 0.25) is 0 Å². The Morgan fingerprint density at radius 2 is 1.43 bits per heavy atom. The van der Waals surface area contributed by atoms with Crippen molar-refractivity contribution in [2.24, 2.45) is 5.92 Å². The lowest BCUT2D eigenvalue weighted by Gasteiger charge is -2.10. The molecule has 0 aliphatic heterocycles. The topological polar surface area (TPSA) is 52.1 Å². The van der Waals surface area contributed by atoms with Crippen molar-refractivity contribution in [2.45, 2.75) is 85.0 Å². The van der Waals surface area contributed by atoms with Crippen molar-refractivity contribution in [1.82, 2.24) is 9.97 Å². The van der Waals surface area contributed by atoms with E-state index in [-0.39, 0.29) is 5.97 Å². The van der Waals surface area contributed by atoms with E-state index in [9.17, 15) is 4.79 Å². The predicted octanol–water partition coefficient (Wildman–Crippen LogP) is 8.45. The van der Waals surface area contributed by atoms with Crippen molar-refractivity contribution in [3.05, 3.63) is 66.5 Å². The van der Waals surface area contributed by atoms with Gasteiger partial charge in [0.25, 0.3) is 0 Å². The molecular weight excluding hydrogens is 432 g/mol. The highest BCUT2D eigenvalue weighted by Crippen LogP contribution is 2.24. The monoisotopic (exact) mass is 472 g/mol. The summed E-state index contributed by atoms with van der Waals surface area (Å²) in [5.74, 6) is 1.68. The lowest BCUT2D eigenvalue weighted by atomic mass is 10.0. The average molecular weight is 473 g/mol. The van der Waals surface area contributed by atoms with Crippen LogP contribution in [-0.4, -0.2) is 15.9 Å². The molecule has 2 aromatic carbocycles. The molecule has 0 bridgehead atoms. The fraction of sp³-hybridized carbons (Fsp3) is 0.452. The molecule has 3 rings (SSSR count). The van der Waals surface area contributed by atoms with Gasteiger partial charge in [-0.05, 0) is 48.4 Å². The summed E-state index contributed by atoms with van der Waals surface area (Å²) in [7, 11) is 0. The van der Waals surface area contributed by atoms with E-state index in [1.807, 2.05) is 36.7 Å². The molecule has 186 valence electrons. The largest absolute Gasteiger partial charge is 0.427 e. The maximum atomic E-state index is 12.1. The average Bonchev–Trinajstić information content (AvgIpc) is 2.89. The zero-order valence-electron chi connectivity index (χ0n) is 21.6. The van der Waals surface area contributed by atoms with Crippen LogP contribution >= 0.6 is 0 Å². The summed E-state index contributed by atoms with van der Waals surface area (Å²) in [6.45, 7) is 6.60. The minimum atomic E-state index is -0.170. The summed E-state index contributed by atoms with van der Waals surface area (Å²) in [6.07, 6.45) is 15.0. The molecule has 1 heterocycles. The lowest BCUT2D eigenvalue weighted by molar-refractivity contribution is -0.134. The highest BCUT2D eigenvalue weighted by Gasteiger charge is 2.09. The molecule has 0 aliphatic carbocycles. The Balaban J connectivity index is 1.51. The minimum Gasteiger partial charge on any atom is -0.427 e. The minimum absolute atomic E-state index is 0.170. The second-order valence-corrected chi connectivity index (χ2v) is 9.59. The van der Waals surface area contributed by atoms with Crippen LogP contribution in [0.5, 0.6) is 5.75 Å². The van der Waals surface area contributed by atoms with Crippen molar-refractivity contribution in [1.29, 1.82) is 0 Å². The van der Waals surface area contributed by atoms with E-state index in [1.165, 1.54) is 37.7 Å². The van der Waals surface area contributed by atoms with Crippen LogP contribution in [0.4, 0.5) is 0 Å². The van der Waals surface area contributed by atoms with Gasteiger partial charge in [0.05, 0.1) is 0 Å². The molecular formula is C31H40N2O2. The van der Waals surface area contributed by atoms with Crippen LogP contribution < -0.4 is 4.74 Å². The van der Waals surface area contributed by atoms with Crippen molar-refractivity contribution < 1.29 is 9.53 Å². The van der Waals surface area contributed by atoms with Gasteiger partial charge in [0, 0.05) is 29.9 Å². The molecule has 3 aromatic rings. The molecule has 1 atom stereocenters. The van der Waals surface area contributed by atoms with E-state index >= 15 is 0 Å². The van der Waals surface area contributed by atoms with Crippen molar-refractivity contribution in [2.75, 3.05) is 0 Å². The molecule has 0 amide bonds. The second kappa shape index (κ2) is 14.4. The third-order valence-electron chi connectivity index (χ3n) is 6.48. The SMILES string of the molecule is CCCCCCCc1ccc(-c2ncc(-c3ccc(OC(=O)CCC(C)CCC)cc3)cn2)cc1. The number of carbonyl (C=O) groups is 1. The molecule has 4 heteroatoms. The van der Waals surface area contributed by atoms with Crippen LogP contribution in [0.3, 0.4) is 0 Å². The molecule has 0 fully saturated rings. The first-order chi connectivity index (χ1) is 17.1. The van der Waals surface area contributed by atoms with Crippen LogP contribution in [0.1, 0.15) is 84.1 Å². The van der Waals surface area contributed by atoms with Crippen LogP contribution in [0.15, 0.2) is 60.9 Å². The number of rotatable bonds is 14. The fourth-order valence-corrected chi connectivity index (χ4v) is 4.28. The smallest absolute Gasteiger partial charge is 0.311 e. The van der Waals surface area contributed by atoms with Crippen LogP contribution in [-0.2, 0) is 11.2 Å². The molecule has 0 saturated carbocycles. The van der Waals surface area contributed by atoms with Crippen LogP contribution in [0.2, 0.25) is 0 Å². The summed E-state index contributed by atoms with van der Waals surface area (Å²) >= 11 is 0. The number of ether oxygens (including phenoxy) is 1. The van der Waals surface area contributed by atoms with E-state index in [0.29, 0.717) is 18.1 Å². The molecule has 0 N–H and O–H groups in total. The first kappa shape index (κ1) is 26.6. The summed E-state index contributed by atoms with van der Waals surface area (Å²) in [6, 6.07) is 16.2. The summed E-state index contributed by atoms with van der Waals surface area (Å²) in [5, 5.41) is 0. The fourth-order valence-electron chi connectivity index (χ4n) is 4.28. The Hall–Kier alpha value is -3.01. The zero-order valence-corrected chi connectivity index (χ0v) is 21.6. The van der Waals surface area contributed by atoms with Crippen molar-refractivity contribution in [3.63, 3.8) is 0 Å². The van der Waals surface area contributed by atoms with Gasteiger partial charge >= 0.3 is 5.97 Å². The Morgan fingerprint density at radius 3 is 2.09 bits per heavy atom. The van der Waals surface area contributed by atoms with E-state index < -0.39 is 0 Å². The Kier molecular flexibility index (Phi) is 10.9. The van der Waals surface area contributed by atoms with Gasteiger partial charge in [0.1, 0.15) is 5.75 Å². The number of benzene rings is 2. The van der Waals surface area contributed by atoms with Gasteiger partial charge in [-0.1, -0.05) is 95.7 Å². The number of hydrogen-bond donors (Lipinski definition) is 0. The highest BCUT2D eigenvalue weighted by molar-refractivity contribution is 5.73. The van der Waals surface area contributed by atoms with Gasteiger partial charge in [-0.15, -0.1) is 0 Å². The molecule has 0 saturated heterocycles. The first-order valence-corrected chi connectivity index (χ1v) is 13.3. The van der Waals surface area contributed by atoms with Crippen molar-refractivity contribution in [3.8, 4) is 28.3 Å². The summed E-state index contributed by atoms with van der Waals surface area (Å²) < 4.78 is 5.49. The number of esters is 1. The normalized spacial score (nSPS) is 11.9. The summed E-state index contributed by atoms with van der Waals surface area (Å²) in [5.41, 5.74) is 4.33. The van der Waals surface area contributed by atoms with Crippen molar-refractivity contribution >= 4 is 5.97 Å². The number of carbonyl (C=O) groups excluding carboxylic acids is 1. The van der Waals surface area contributed by atoms with Gasteiger partial charge in [-0.25, -0.2) is 9.97 Å². The third kappa shape index (κ3) is 8.93. The van der Waals surface area contributed by atoms with Gasteiger partial charge in [-0.3, -0.25) is 4.79 Å². The first-order valence-electron chi connectivity index (χ1n) is 13.3. The molecule has 0 aliphatic rings. The molecule has 35 heavy (non-hydrogen) atoms. The van der Waals surface area contributed by atoms with Crippen LogP contribution in [0.25, 0.3) is 22.5 Å². The maximum Gasteiger partial charge on any atom is 0.311 e. The zero-order chi connectivity index (χ0) is 24.9. The van der Waals surface area contributed by atoms with E-state index in [2.05, 4.69) is 55.0 Å². The van der Waals surface area contributed by atoms with E-state index in [4.69, 9.17) is 4.74 Å². The number of aromatic nitrogens is 2. The Bertz CT molecular complexity index is 1010. The Morgan fingerprint density at radius 1 is 0.771 bits per heavy atom. The maximum absolute atomic E-state index is 12.1. The Labute approximate surface area is 211 Å². The van der Waals surface area contributed by atoms with E-state index in [0.717, 1.165) is 48.2 Å². The molecule has 4 nitrogen and oxygen atoms in total. The highest BCUT2D eigenvalue weighted by atomic mass is 16.5. The van der Waals surface area contributed by atoms with Gasteiger partial charge in [-0.2, -0.15) is 0 Å². The standard InChI is InChI=1S/C31H40N2O2/c1-4-6-7-8-9-11-25-13-15-27(16-14-25)31-32-22-28(23-33-31)26-17-19-29(20-18-26)35-30(34)21-12-24(3)10-5-2/h13-20,22-24H,4-12,21H2,1-3H3. The number of hydrogen-bond acceptors (Lipinski definition) is 4. The van der Waals surface area contributed by atoms with Gasteiger partial charge < -0.3 is 4.74 Å². The molecule has 0 radical (unpaired) electrons. The quantitative estimate of drug-likeness (QED) is 0.134. The predicted molar refractivity (Wildman–Crippen MR) is 144 cm³/mol. The summed E-state index contributed by atoms with van der Waals surface area (Å²) in [4.78, 5) is 21.3. The van der Waals surface area contributed by atoms with Gasteiger partial charge in [0.15, 0.2) is 5.82 Å². The van der Waals surface area contributed by atoms with Crippen LogP contribution in [0, 0.1) is 5.92 Å². The molecule has 1 aromatic heterocycles. The number of unbranched alkanes of at least 4 members (excludes halogenated alkanes) is 4. The molecule has 1 unspecified atom stereocenters. The number of aryl methyl sites for hydroxylation is 1. The van der Waals surface area contributed by atoms with E-state index in [1.54, 1.807) is 0 Å². The molecule has 0 spiro atoms. The lowest BCUT2D eigenvalue weighted by Crippen LogP contribution is -2.09.